The van der Waals surface area contributed by atoms with E-state index in [0.29, 0.717) is 17.4 Å². The summed E-state index contributed by atoms with van der Waals surface area (Å²) < 4.78 is 5.89. The Kier molecular flexibility index (Phi) is 7.84. The maximum absolute atomic E-state index is 14.0. The summed E-state index contributed by atoms with van der Waals surface area (Å²) in [5.41, 5.74) is 3.66. The lowest BCUT2D eigenvalue weighted by Gasteiger charge is -2.45. The van der Waals surface area contributed by atoms with Crippen LogP contribution in [0.4, 0.5) is 11.4 Å². The number of ketones is 1. The average molecular weight is 496 g/mol. The van der Waals surface area contributed by atoms with Crippen LogP contribution in [0.5, 0.6) is 5.75 Å². The fraction of sp³-hybridized carbons (Fsp3) is 0.552. The third-order valence-electron chi connectivity index (χ3n) is 8.03. The lowest BCUT2D eigenvalue weighted by atomic mass is 9.80. The molecule has 0 spiro atoms. The molecule has 6 heteroatoms. The van der Waals surface area contributed by atoms with Gasteiger partial charge >= 0.3 is 0 Å². The van der Waals surface area contributed by atoms with Crippen LogP contribution in [-0.4, -0.2) is 55.6 Å². The highest BCUT2D eigenvalue weighted by molar-refractivity contribution is 6.30. The molecular formula is C29H38ClN3O2. The molecule has 2 aromatic rings. The minimum atomic E-state index is -0.0646. The summed E-state index contributed by atoms with van der Waals surface area (Å²) in [6.07, 6.45) is 7.80. The predicted molar refractivity (Wildman–Crippen MR) is 144 cm³/mol. The highest BCUT2D eigenvalue weighted by Gasteiger charge is 2.40. The van der Waals surface area contributed by atoms with E-state index < -0.39 is 0 Å². The van der Waals surface area contributed by atoms with E-state index in [1.54, 1.807) is 0 Å². The van der Waals surface area contributed by atoms with Gasteiger partial charge in [-0.05, 0) is 56.4 Å². The van der Waals surface area contributed by atoms with Crippen LogP contribution in [0, 0.1) is 5.92 Å². The van der Waals surface area contributed by atoms with Gasteiger partial charge in [-0.1, -0.05) is 49.1 Å². The number of carbonyl (C=O) groups excluding carboxylic acids is 1. The number of hydrogen-bond donors (Lipinski definition) is 1. The van der Waals surface area contributed by atoms with Crippen LogP contribution in [-0.2, 0) is 11.2 Å². The van der Waals surface area contributed by atoms with Crippen molar-refractivity contribution in [3.63, 3.8) is 0 Å². The van der Waals surface area contributed by atoms with E-state index in [0.717, 1.165) is 63.3 Å². The number of hydrogen-bond acceptors (Lipinski definition) is 5. The highest BCUT2D eigenvalue weighted by atomic mass is 35.5. The minimum Gasteiger partial charge on any atom is -0.492 e. The van der Waals surface area contributed by atoms with Crippen molar-refractivity contribution in [2.75, 3.05) is 43.0 Å². The van der Waals surface area contributed by atoms with E-state index in [1.807, 2.05) is 19.1 Å². The molecule has 0 aromatic heterocycles. The molecule has 1 saturated heterocycles. The number of rotatable bonds is 7. The lowest BCUT2D eigenvalue weighted by Crippen LogP contribution is -2.60. The van der Waals surface area contributed by atoms with Crippen LogP contribution in [0.3, 0.4) is 0 Å². The molecule has 5 rings (SSSR count). The molecule has 2 aliphatic heterocycles. The van der Waals surface area contributed by atoms with Gasteiger partial charge in [-0.3, -0.25) is 9.69 Å². The molecule has 3 aliphatic rings. The van der Waals surface area contributed by atoms with Crippen molar-refractivity contribution in [1.29, 1.82) is 0 Å². The van der Waals surface area contributed by atoms with Gasteiger partial charge in [-0.2, -0.15) is 0 Å². The number of carbonyl (C=O) groups is 1. The second kappa shape index (κ2) is 11.2. The van der Waals surface area contributed by atoms with Gasteiger partial charge in [0.2, 0.25) is 0 Å². The molecule has 5 nitrogen and oxygen atoms in total. The standard InChI is InChI=1S/C29H38ClN3O2/c1-2-35-27-20-23(30)13-15-26(27)32-16-18-33(19-17-32)28(29(34)22-9-4-3-5-10-22)25-14-12-21-8-6-7-11-24(21)31-25/h6-8,11,13,15,20,22,25,28,31H,2-5,9-10,12,14,16-19H2,1H3. The molecule has 0 bridgehead atoms. The Balaban J connectivity index is 1.34. The summed E-state index contributed by atoms with van der Waals surface area (Å²) in [7, 11) is 0. The first kappa shape index (κ1) is 24.5. The number of para-hydroxylation sites is 1. The molecule has 2 unspecified atom stereocenters. The van der Waals surface area contributed by atoms with E-state index in [9.17, 15) is 4.79 Å². The quantitative estimate of drug-likeness (QED) is 0.525. The fourth-order valence-electron chi connectivity index (χ4n) is 6.22. The molecule has 1 saturated carbocycles. The lowest BCUT2D eigenvalue weighted by molar-refractivity contribution is -0.130. The first-order valence-electron chi connectivity index (χ1n) is 13.4. The molecular weight excluding hydrogens is 458 g/mol. The first-order chi connectivity index (χ1) is 17.1. The summed E-state index contributed by atoms with van der Waals surface area (Å²) in [6.45, 7) is 6.10. The van der Waals surface area contributed by atoms with Gasteiger partial charge < -0.3 is 15.0 Å². The van der Waals surface area contributed by atoms with E-state index in [4.69, 9.17) is 16.3 Å². The van der Waals surface area contributed by atoms with Crippen LogP contribution in [0.25, 0.3) is 0 Å². The first-order valence-corrected chi connectivity index (χ1v) is 13.8. The SMILES string of the molecule is CCOc1cc(Cl)ccc1N1CCN(C(C(=O)C2CCCCC2)C2CCc3ccccc3N2)CC1. The number of nitrogens with one attached hydrogen (secondary N) is 1. The van der Waals surface area contributed by atoms with Gasteiger partial charge in [0.05, 0.1) is 18.3 Å². The molecule has 2 atom stereocenters. The minimum absolute atomic E-state index is 0.0646. The second-order valence-electron chi connectivity index (χ2n) is 10.2. The van der Waals surface area contributed by atoms with Crippen molar-refractivity contribution in [2.45, 2.75) is 64.0 Å². The number of anilines is 2. The monoisotopic (exact) mass is 495 g/mol. The Hall–Kier alpha value is -2.24. The number of piperazine rings is 1. The van der Waals surface area contributed by atoms with E-state index in [2.05, 4.69) is 45.4 Å². The van der Waals surface area contributed by atoms with Gasteiger partial charge in [0.25, 0.3) is 0 Å². The van der Waals surface area contributed by atoms with Gasteiger partial charge in [0, 0.05) is 54.9 Å². The van der Waals surface area contributed by atoms with Gasteiger partial charge in [0.15, 0.2) is 5.78 Å². The van der Waals surface area contributed by atoms with Gasteiger partial charge in [-0.25, -0.2) is 0 Å². The largest absolute Gasteiger partial charge is 0.492 e. The summed E-state index contributed by atoms with van der Waals surface area (Å²) in [4.78, 5) is 18.9. The number of ether oxygens (including phenoxy) is 1. The van der Waals surface area contributed by atoms with Crippen LogP contribution >= 0.6 is 11.6 Å². The van der Waals surface area contributed by atoms with E-state index >= 15 is 0 Å². The zero-order valence-corrected chi connectivity index (χ0v) is 21.6. The summed E-state index contributed by atoms with van der Waals surface area (Å²) in [5.74, 6) is 1.52. The van der Waals surface area contributed by atoms with Crippen molar-refractivity contribution < 1.29 is 9.53 Å². The van der Waals surface area contributed by atoms with E-state index in [-0.39, 0.29) is 18.0 Å². The van der Waals surface area contributed by atoms with Gasteiger partial charge in [-0.15, -0.1) is 0 Å². The molecule has 2 heterocycles. The molecule has 1 aliphatic carbocycles. The second-order valence-corrected chi connectivity index (χ2v) is 10.6. The molecule has 0 radical (unpaired) electrons. The Bertz CT molecular complexity index is 1010. The smallest absolute Gasteiger partial charge is 0.155 e. The van der Waals surface area contributed by atoms with Crippen molar-refractivity contribution in [3.8, 4) is 5.75 Å². The molecule has 1 N–H and O–H groups in total. The normalized spacial score (nSPS) is 22.2. The molecule has 35 heavy (non-hydrogen) atoms. The molecule has 188 valence electrons. The van der Waals surface area contributed by atoms with Crippen molar-refractivity contribution in [3.05, 3.63) is 53.1 Å². The molecule has 0 amide bonds. The zero-order chi connectivity index (χ0) is 24.2. The van der Waals surface area contributed by atoms with Crippen LogP contribution in [0.1, 0.15) is 51.0 Å². The summed E-state index contributed by atoms with van der Waals surface area (Å²) in [6, 6.07) is 14.6. The zero-order valence-electron chi connectivity index (χ0n) is 20.8. The maximum atomic E-state index is 14.0. The Morgan fingerprint density at radius 2 is 1.83 bits per heavy atom. The summed E-state index contributed by atoms with van der Waals surface area (Å²) in [5, 5.41) is 4.47. The van der Waals surface area contributed by atoms with Gasteiger partial charge in [0.1, 0.15) is 5.75 Å². The Labute approximate surface area is 214 Å². The average Bonchev–Trinajstić information content (AvgIpc) is 2.90. The number of aryl methyl sites for hydroxylation is 1. The number of Topliss-reactive ketones (excluding diaryl/α,β-unsaturated/α-hetero) is 1. The maximum Gasteiger partial charge on any atom is 0.155 e. The third-order valence-corrected chi connectivity index (χ3v) is 8.27. The Morgan fingerprint density at radius 3 is 2.60 bits per heavy atom. The highest BCUT2D eigenvalue weighted by Crippen LogP contribution is 2.35. The van der Waals surface area contributed by atoms with E-state index in [1.165, 1.54) is 30.5 Å². The topological polar surface area (TPSA) is 44.8 Å². The fourth-order valence-corrected chi connectivity index (χ4v) is 6.38. The van der Waals surface area contributed by atoms with Crippen LogP contribution in [0.2, 0.25) is 5.02 Å². The van der Waals surface area contributed by atoms with Crippen molar-refractivity contribution >= 4 is 28.8 Å². The van der Waals surface area contributed by atoms with Crippen LogP contribution in [0.15, 0.2) is 42.5 Å². The number of fused-ring (bicyclic) bond motifs is 1. The molecule has 2 aromatic carbocycles. The summed E-state index contributed by atoms with van der Waals surface area (Å²) >= 11 is 6.24. The number of benzene rings is 2. The predicted octanol–water partition coefficient (Wildman–Crippen LogP) is 5.81. The number of halogens is 1. The third kappa shape index (κ3) is 5.46. The van der Waals surface area contributed by atoms with Crippen LogP contribution < -0.4 is 15.0 Å². The Morgan fingerprint density at radius 1 is 1.06 bits per heavy atom. The van der Waals surface area contributed by atoms with Crippen molar-refractivity contribution in [2.24, 2.45) is 5.92 Å². The molecule has 2 fully saturated rings. The number of nitrogens with zero attached hydrogens (tertiary/aromatic N) is 2. The van der Waals surface area contributed by atoms with Crippen molar-refractivity contribution in [1.82, 2.24) is 4.90 Å².